The van der Waals surface area contributed by atoms with Crippen LogP contribution in [0, 0.1) is 0 Å². The zero-order valence-corrected chi connectivity index (χ0v) is 11.2. The molecule has 1 atom stereocenters. The lowest BCUT2D eigenvalue weighted by Gasteiger charge is -2.27. The normalized spacial score (nSPS) is 19.4. The summed E-state index contributed by atoms with van der Waals surface area (Å²) in [4.78, 5) is 2.50. The standard InChI is InChI=1S/C15H24N2O/c1-16-12-13-6-8-15(9-7-13)17-10-2-4-14(17)5-3-11-18/h6-9,14,16,18H,2-5,10-12H2,1H3. The van der Waals surface area contributed by atoms with Gasteiger partial charge in [0.15, 0.2) is 0 Å². The van der Waals surface area contributed by atoms with Crippen molar-refractivity contribution in [3.05, 3.63) is 29.8 Å². The molecule has 1 aliphatic rings. The van der Waals surface area contributed by atoms with Gasteiger partial charge in [-0.3, -0.25) is 0 Å². The molecular formula is C15H24N2O. The van der Waals surface area contributed by atoms with Crippen LogP contribution in [0.25, 0.3) is 0 Å². The molecule has 1 fully saturated rings. The van der Waals surface area contributed by atoms with Crippen molar-refractivity contribution < 1.29 is 5.11 Å². The van der Waals surface area contributed by atoms with Crippen LogP contribution in [0.15, 0.2) is 24.3 Å². The van der Waals surface area contributed by atoms with E-state index >= 15 is 0 Å². The summed E-state index contributed by atoms with van der Waals surface area (Å²) in [7, 11) is 1.97. The topological polar surface area (TPSA) is 35.5 Å². The van der Waals surface area contributed by atoms with Crippen molar-refractivity contribution in [1.29, 1.82) is 0 Å². The van der Waals surface area contributed by atoms with Crippen molar-refractivity contribution in [2.75, 3.05) is 25.1 Å². The average Bonchev–Trinajstić information content (AvgIpc) is 2.86. The summed E-state index contributed by atoms with van der Waals surface area (Å²) >= 11 is 0. The van der Waals surface area contributed by atoms with Gasteiger partial charge in [0.05, 0.1) is 0 Å². The minimum absolute atomic E-state index is 0.311. The Morgan fingerprint density at radius 2 is 2.11 bits per heavy atom. The third-order valence-corrected chi connectivity index (χ3v) is 3.72. The Morgan fingerprint density at radius 3 is 2.78 bits per heavy atom. The van der Waals surface area contributed by atoms with Gasteiger partial charge in [0, 0.05) is 31.4 Å². The van der Waals surface area contributed by atoms with Crippen LogP contribution in [0.5, 0.6) is 0 Å². The van der Waals surface area contributed by atoms with Crippen molar-refractivity contribution in [2.24, 2.45) is 0 Å². The van der Waals surface area contributed by atoms with Crippen molar-refractivity contribution in [3.63, 3.8) is 0 Å². The minimum Gasteiger partial charge on any atom is -0.396 e. The molecule has 2 rings (SSSR count). The fourth-order valence-electron chi connectivity index (χ4n) is 2.81. The first-order chi connectivity index (χ1) is 8.85. The van der Waals surface area contributed by atoms with Gasteiger partial charge in [-0.05, 0) is 50.4 Å². The number of nitrogens with one attached hydrogen (secondary N) is 1. The largest absolute Gasteiger partial charge is 0.396 e. The lowest BCUT2D eigenvalue weighted by Crippen LogP contribution is -2.29. The third-order valence-electron chi connectivity index (χ3n) is 3.72. The molecule has 0 amide bonds. The Kier molecular flexibility index (Phi) is 5.02. The molecule has 1 aliphatic heterocycles. The molecule has 100 valence electrons. The van der Waals surface area contributed by atoms with Crippen LogP contribution < -0.4 is 10.2 Å². The number of hydrogen-bond donors (Lipinski definition) is 2. The Morgan fingerprint density at radius 1 is 1.33 bits per heavy atom. The lowest BCUT2D eigenvalue weighted by atomic mass is 10.1. The molecule has 0 saturated carbocycles. The van der Waals surface area contributed by atoms with Gasteiger partial charge in [0.2, 0.25) is 0 Å². The summed E-state index contributed by atoms with van der Waals surface area (Å²) in [6, 6.07) is 9.47. The second-order valence-electron chi connectivity index (χ2n) is 5.05. The molecule has 0 radical (unpaired) electrons. The van der Waals surface area contributed by atoms with E-state index in [0.717, 1.165) is 25.9 Å². The van der Waals surface area contributed by atoms with Crippen molar-refractivity contribution in [3.8, 4) is 0 Å². The molecule has 3 nitrogen and oxygen atoms in total. The third kappa shape index (κ3) is 3.24. The summed E-state index contributed by atoms with van der Waals surface area (Å²) in [5, 5.41) is 12.1. The predicted molar refractivity (Wildman–Crippen MR) is 75.9 cm³/mol. The number of benzene rings is 1. The highest BCUT2D eigenvalue weighted by Crippen LogP contribution is 2.28. The van der Waals surface area contributed by atoms with E-state index in [4.69, 9.17) is 5.11 Å². The molecule has 0 aliphatic carbocycles. The van der Waals surface area contributed by atoms with E-state index in [2.05, 4.69) is 34.5 Å². The highest BCUT2D eigenvalue weighted by Gasteiger charge is 2.23. The SMILES string of the molecule is CNCc1ccc(N2CCCC2CCCO)cc1. The van der Waals surface area contributed by atoms with E-state index in [9.17, 15) is 0 Å². The second kappa shape index (κ2) is 6.76. The molecular weight excluding hydrogens is 224 g/mol. The quantitative estimate of drug-likeness (QED) is 0.809. The molecule has 1 unspecified atom stereocenters. The number of aliphatic hydroxyl groups excluding tert-OH is 1. The van der Waals surface area contributed by atoms with Crippen LogP contribution in [0.4, 0.5) is 5.69 Å². The van der Waals surface area contributed by atoms with Gasteiger partial charge in [-0.1, -0.05) is 12.1 Å². The van der Waals surface area contributed by atoms with Gasteiger partial charge in [-0.25, -0.2) is 0 Å². The van der Waals surface area contributed by atoms with E-state index in [1.165, 1.54) is 24.1 Å². The van der Waals surface area contributed by atoms with E-state index in [1.807, 2.05) is 7.05 Å². The molecule has 1 aromatic rings. The second-order valence-corrected chi connectivity index (χ2v) is 5.05. The molecule has 18 heavy (non-hydrogen) atoms. The average molecular weight is 248 g/mol. The first-order valence-electron chi connectivity index (χ1n) is 6.96. The molecule has 1 saturated heterocycles. The molecule has 0 aromatic heterocycles. The van der Waals surface area contributed by atoms with Crippen molar-refractivity contribution >= 4 is 5.69 Å². The van der Waals surface area contributed by atoms with Gasteiger partial charge in [0.1, 0.15) is 0 Å². The van der Waals surface area contributed by atoms with Crippen LogP contribution in [0.1, 0.15) is 31.2 Å². The van der Waals surface area contributed by atoms with E-state index in [0.29, 0.717) is 12.6 Å². The van der Waals surface area contributed by atoms with Crippen LogP contribution in [-0.2, 0) is 6.54 Å². The zero-order valence-electron chi connectivity index (χ0n) is 11.2. The monoisotopic (exact) mass is 248 g/mol. The van der Waals surface area contributed by atoms with Gasteiger partial charge in [-0.15, -0.1) is 0 Å². The smallest absolute Gasteiger partial charge is 0.0431 e. The molecule has 0 spiro atoms. The Labute approximate surface area is 110 Å². The van der Waals surface area contributed by atoms with Crippen LogP contribution in [-0.4, -0.2) is 31.3 Å². The van der Waals surface area contributed by atoms with Gasteiger partial charge in [0.25, 0.3) is 0 Å². The summed E-state index contributed by atoms with van der Waals surface area (Å²) in [5.41, 5.74) is 2.66. The van der Waals surface area contributed by atoms with Crippen LogP contribution >= 0.6 is 0 Å². The molecule has 0 bridgehead atoms. The first-order valence-corrected chi connectivity index (χ1v) is 6.96. The fraction of sp³-hybridized carbons (Fsp3) is 0.600. The van der Waals surface area contributed by atoms with Crippen LogP contribution in [0.3, 0.4) is 0 Å². The Bertz CT molecular complexity index is 350. The predicted octanol–water partition coefficient (Wildman–Crippen LogP) is 2.15. The highest BCUT2D eigenvalue weighted by molar-refractivity contribution is 5.49. The minimum atomic E-state index is 0.311. The van der Waals surface area contributed by atoms with E-state index < -0.39 is 0 Å². The van der Waals surface area contributed by atoms with Gasteiger partial charge < -0.3 is 15.3 Å². The first kappa shape index (κ1) is 13.4. The molecule has 1 aromatic carbocycles. The number of anilines is 1. The summed E-state index contributed by atoms with van der Waals surface area (Å²) in [6.07, 6.45) is 4.56. The Hall–Kier alpha value is -1.06. The molecule has 2 N–H and O–H groups in total. The fourth-order valence-corrected chi connectivity index (χ4v) is 2.81. The van der Waals surface area contributed by atoms with E-state index in [1.54, 1.807) is 0 Å². The van der Waals surface area contributed by atoms with Crippen molar-refractivity contribution in [1.82, 2.24) is 5.32 Å². The van der Waals surface area contributed by atoms with E-state index in [-0.39, 0.29) is 0 Å². The van der Waals surface area contributed by atoms with Gasteiger partial charge in [-0.2, -0.15) is 0 Å². The summed E-state index contributed by atoms with van der Waals surface area (Å²) in [5.74, 6) is 0. The number of hydrogen-bond acceptors (Lipinski definition) is 3. The summed E-state index contributed by atoms with van der Waals surface area (Å²) in [6.45, 7) is 2.39. The number of nitrogens with zero attached hydrogens (tertiary/aromatic N) is 1. The maximum atomic E-state index is 8.95. The summed E-state index contributed by atoms with van der Waals surface area (Å²) < 4.78 is 0. The lowest BCUT2D eigenvalue weighted by molar-refractivity contribution is 0.279. The van der Waals surface area contributed by atoms with Crippen LogP contribution in [0.2, 0.25) is 0 Å². The zero-order chi connectivity index (χ0) is 12.8. The van der Waals surface area contributed by atoms with Crippen molar-refractivity contribution in [2.45, 2.75) is 38.3 Å². The molecule has 3 heteroatoms. The molecule has 1 heterocycles. The maximum Gasteiger partial charge on any atom is 0.0431 e. The highest BCUT2D eigenvalue weighted by atomic mass is 16.2. The Balaban J connectivity index is 2.00. The maximum absolute atomic E-state index is 8.95. The van der Waals surface area contributed by atoms with Gasteiger partial charge >= 0.3 is 0 Å². The number of aliphatic hydroxyl groups is 1. The number of rotatable bonds is 6.